The van der Waals surface area contributed by atoms with E-state index in [0.29, 0.717) is 0 Å². The van der Waals surface area contributed by atoms with E-state index >= 15 is 0 Å². The number of nitrogens with one attached hydrogen (secondary N) is 1. The van der Waals surface area contributed by atoms with E-state index in [1.165, 1.54) is 0 Å². The predicted octanol–water partition coefficient (Wildman–Crippen LogP) is 3.35. The Morgan fingerprint density at radius 2 is 2.00 bits per heavy atom. The van der Waals surface area contributed by atoms with Gasteiger partial charge in [0.05, 0.1) is 29.4 Å². The Kier molecular flexibility index (Phi) is 5.39. The van der Waals surface area contributed by atoms with Gasteiger partial charge in [0.2, 0.25) is 0 Å². The molecule has 0 unspecified atom stereocenters. The van der Waals surface area contributed by atoms with E-state index in [1.807, 2.05) is 19.2 Å². The number of ether oxygens (including phenoxy) is 2. The van der Waals surface area contributed by atoms with E-state index in [4.69, 9.17) is 9.47 Å². The molecule has 1 N–H and O–H groups in total. The van der Waals surface area contributed by atoms with Gasteiger partial charge in [-0.1, -0.05) is 0 Å². The van der Waals surface area contributed by atoms with Crippen LogP contribution in [0.1, 0.15) is 5.01 Å². The van der Waals surface area contributed by atoms with Gasteiger partial charge in [0.15, 0.2) is 0 Å². The lowest BCUT2D eigenvalue weighted by atomic mass is 10.1. The van der Waals surface area contributed by atoms with Crippen LogP contribution in [0.2, 0.25) is 0 Å². The molecule has 0 aliphatic rings. The number of rotatable bonds is 6. The van der Waals surface area contributed by atoms with E-state index in [9.17, 15) is 0 Å². The van der Waals surface area contributed by atoms with Crippen molar-refractivity contribution in [3.05, 3.63) is 27.0 Å². The van der Waals surface area contributed by atoms with Crippen molar-refractivity contribution in [3.8, 4) is 22.8 Å². The van der Waals surface area contributed by atoms with Crippen LogP contribution < -0.4 is 14.8 Å². The number of methoxy groups -OCH3 is 2. The Balaban J connectivity index is 2.37. The second-order valence-electron chi connectivity index (χ2n) is 4.17. The van der Waals surface area contributed by atoms with E-state index in [0.717, 1.165) is 45.2 Å². The molecule has 2 rings (SSSR count). The fourth-order valence-corrected chi connectivity index (χ4v) is 3.12. The summed E-state index contributed by atoms with van der Waals surface area (Å²) >= 11 is 5.13. The molecule has 0 spiro atoms. The maximum atomic E-state index is 5.44. The number of nitrogens with zero attached hydrogens (tertiary/aromatic N) is 1. The van der Waals surface area contributed by atoms with Crippen LogP contribution in [-0.2, 0) is 6.42 Å². The maximum Gasteiger partial charge on any atom is 0.133 e. The molecule has 4 nitrogen and oxygen atoms in total. The van der Waals surface area contributed by atoms with Crippen molar-refractivity contribution in [1.82, 2.24) is 10.3 Å². The Bertz CT molecular complexity index is 587. The number of likely N-dealkylation sites (N-methyl/N-ethyl adjacent to an activating group) is 1. The van der Waals surface area contributed by atoms with Gasteiger partial charge in [0.1, 0.15) is 11.5 Å². The highest BCUT2D eigenvalue weighted by atomic mass is 79.9. The Morgan fingerprint density at radius 1 is 1.25 bits per heavy atom. The first-order valence-electron chi connectivity index (χ1n) is 6.20. The first-order chi connectivity index (χ1) is 9.69. The zero-order valence-corrected chi connectivity index (χ0v) is 14.1. The van der Waals surface area contributed by atoms with Crippen LogP contribution in [-0.4, -0.2) is 32.8 Å². The summed E-state index contributed by atoms with van der Waals surface area (Å²) in [5, 5.41) is 6.29. The monoisotopic (exact) mass is 356 g/mol. The van der Waals surface area contributed by atoms with Crippen LogP contribution in [0.15, 0.2) is 22.0 Å². The summed E-state index contributed by atoms with van der Waals surface area (Å²) in [4.78, 5) is 4.66. The average molecular weight is 357 g/mol. The van der Waals surface area contributed by atoms with Gasteiger partial charge in [-0.05, 0) is 35.1 Å². The lowest BCUT2D eigenvalue weighted by Crippen LogP contribution is -2.09. The van der Waals surface area contributed by atoms with E-state index in [2.05, 4.69) is 31.6 Å². The summed E-state index contributed by atoms with van der Waals surface area (Å²) < 4.78 is 11.6. The Morgan fingerprint density at radius 3 is 2.65 bits per heavy atom. The van der Waals surface area contributed by atoms with Crippen molar-refractivity contribution >= 4 is 27.3 Å². The molecule has 2 aromatic rings. The zero-order chi connectivity index (χ0) is 14.5. The highest BCUT2D eigenvalue weighted by Crippen LogP contribution is 2.38. The van der Waals surface area contributed by atoms with E-state index in [1.54, 1.807) is 25.6 Å². The SMILES string of the molecule is CNCCc1nc(-c2cc(OC)c(Br)cc2OC)cs1. The van der Waals surface area contributed by atoms with Crippen molar-refractivity contribution < 1.29 is 9.47 Å². The highest BCUT2D eigenvalue weighted by Gasteiger charge is 2.14. The van der Waals surface area contributed by atoms with Crippen molar-refractivity contribution in [2.75, 3.05) is 27.8 Å². The lowest BCUT2D eigenvalue weighted by molar-refractivity contribution is 0.402. The van der Waals surface area contributed by atoms with Gasteiger partial charge >= 0.3 is 0 Å². The van der Waals surface area contributed by atoms with Crippen molar-refractivity contribution in [3.63, 3.8) is 0 Å². The summed E-state index contributed by atoms with van der Waals surface area (Å²) in [6.45, 7) is 0.924. The van der Waals surface area contributed by atoms with E-state index < -0.39 is 0 Å². The summed E-state index contributed by atoms with van der Waals surface area (Å²) in [5.74, 6) is 1.55. The molecule has 6 heteroatoms. The topological polar surface area (TPSA) is 43.4 Å². The predicted molar refractivity (Wildman–Crippen MR) is 86.0 cm³/mol. The van der Waals surface area contributed by atoms with Crippen molar-refractivity contribution in [2.24, 2.45) is 0 Å². The first-order valence-corrected chi connectivity index (χ1v) is 7.87. The van der Waals surface area contributed by atoms with Crippen LogP contribution >= 0.6 is 27.3 Å². The van der Waals surface area contributed by atoms with Crippen LogP contribution in [0.5, 0.6) is 11.5 Å². The maximum absolute atomic E-state index is 5.44. The fourth-order valence-electron chi connectivity index (χ4n) is 1.84. The molecule has 20 heavy (non-hydrogen) atoms. The van der Waals surface area contributed by atoms with Gasteiger partial charge in [0.25, 0.3) is 0 Å². The number of hydrogen-bond acceptors (Lipinski definition) is 5. The van der Waals surface area contributed by atoms with Crippen molar-refractivity contribution in [2.45, 2.75) is 6.42 Å². The number of thiazole rings is 1. The van der Waals surface area contributed by atoms with E-state index in [-0.39, 0.29) is 0 Å². The number of halogens is 1. The third-order valence-electron chi connectivity index (χ3n) is 2.89. The molecule has 0 aliphatic heterocycles. The molecule has 0 atom stereocenters. The van der Waals surface area contributed by atoms with Crippen molar-refractivity contribution in [1.29, 1.82) is 0 Å². The summed E-state index contributed by atoms with van der Waals surface area (Å²) in [6.07, 6.45) is 0.928. The van der Waals surface area contributed by atoms with Gasteiger partial charge < -0.3 is 14.8 Å². The third-order valence-corrected chi connectivity index (χ3v) is 4.42. The number of aromatic nitrogens is 1. The Labute approximate surface area is 131 Å². The molecule has 0 amide bonds. The third kappa shape index (κ3) is 3.31. The van der Waals surface area contributed by atoms with Gasteiger partial charge in [-0.25, -0.2) is 4.98 Å². The molecule has 0 bridgehead atoms. The molecule has 0 aliphatic carbocycles. The second-order valence-corrected chi connectivity index (χ2v) is 5.96. The molecule has 1 aromatic heterocycles. The summed E-state index contributed by atoms with van der Waals surface area (Å²) in [5.41, 5.74) is 1.86. The first kappa shape index (κ1) is 15.3. The fraction of sp³-hybridized carbons (Fsp3) is 0.357. The standard InChI is InChI=1S/C14H17BrN2O2S/c1-16-5-4-14-17-11(8-20-14)9-6-13(19-3)10(15)7-12(9)18-2/h6-8,16H,4-5H2,1-3H3. The number of benzene rings is 1. The minimum absolute atomic E-state index is 0.769. The summed E-state index contributed by atoms with van der Waals surface area (Å²) in [7, 11) is 5.25. The zero-order valence-electron chi connectivity index (χ0n) is 11.7. The molecule has 1 heterocycles. The van der Waals surface area contributed by atoms with Gasteiger partial charge in [-0.3, -0.25) is 0 Å². The van der Waals surface area contributed by atoms with Crippen LogP contribution in [0, 0.1) is 0 Å². The van der Waals surface area contributed by atoms with Crippen LogP contribution in [0.25, 0.3) is 11.3 Å². The minimum Gasteiger partial charge on any atom is -0.496 e. The molecular weight excluding hydrogens is 340 g/mol. The second kappa shape index (κ2) is 7.06. The molecule has 0 radical (unpaired) electrons. The molecular formula is C14H17BrN2O2S. The highest BCUT2D eigenvalue weighted by molar-refractivity contribution is 9.10. The number of hydrogen-bond donors (Lipinski definition) is 1. The largest absolute Gasteiger partial charge is 0.496 e. The minimum atomic E-state index is 0.769. The molecule has 108 valence electrons. The van der Waals surface area contributed by atoms with Crippen LogP contribution in [0.3, 0.4) is 0 Å². The quantitative estimate of drug-likeness (QED) is 0.861. The van der Waals surface area contributed by atoms with Gasteiger partial charge in [-0.2, -0.15) is 0 Å². The normalized spacial score (nSPS) is 10.6. The lowest BCUT2D eigenvalue weighted by Gasteiger charge is -2.10. The Hall–Kier alpha value is -1.11. The molecule has 0 saturated carbocycles. The molecule has 0 fully saturated rings. The smallest absolute Gasteiger partial charge is 0.133 e. The van der Waals surface area contributed by atoms with Gasteiger partial charge in [0, 0.05) is 23.9 Å². The molecule has 0 saturated heterocycles. The van der Waals surface area contributed by atoms with Gasteiger partial charge in [-0.15, -0.1) is 11.3 Å². The van der Waals surface area contributed by atoms with Crippen LogP contribution in [0.4, 0.5) is 0 Å². The average Bonchev–Trinajstić information content (AvgIpc) is 2.93. The molecule has 1 aromatic carbocycles. The summed E-state index contributed by atoms with van der Waals surface area (Å²) in [6, 6.07) is 3.85.